The molecule has 8 nitrogen and oxygen atoms in total. The number of aryl methyl sites for hydroxylation is 1. The number of hydrogen-bond acceptors (Lipinski definition) is 5. The van der Waals surface area contributed by atoms with E-state index < -0.39 is 35.6 Å². The fourth-order valence-corrected chi connectivity index (χ4v) is 5.21. The summed E-state index contributed by atoms with van der Waals surface area (Å²) in [6.07, 6.45) is 1.81. The predicted molar refractivity (Wildman–Crippen MR) is 163 cm³/mol. The summed E-state index contributed by atoms with van der Waals surface area (Å²) < 4.78 is 5.51. The number of benzene rings is 3. The Kier molecular flexibility index (Phi) is 9.78. The molecule has 0 aromatic heterocycles. The van der Waals surface area contributed by atoms with Crippen molar-refractivity contribution in [3.8, 4) is 5.75 Å². The van der Waals surface area contributed by atoms with Gasteiger partial charge < -0.3 is 25.4 Å². The molecule has 0 radical (unpaired) electrons. The lowest BCUT2D eigenvalue weighted by atomic mass is 9.87. The summed E-state index contributed by atoms with van der Waals surface area (Å²) in [4.78, 5) is 43.2. The third-order valence-electron chi connectivity index (χ3n) is 7.20. The first-order chi connectivity index (χ1) is 19.9. The van der Waals surface area contributed by atoms with Crippen LogP contribution in [0, 0.1) is 6.92 Å². The van der Waals surface area contributed by atoms with Gasteiger partial charge in [0.2, 0.25) is 5.91 Å². The van der Waals surface area contributed by atoms with Gasteiger partial charge in [-0.3, -0.25) is 9.59 Å². The van der Waals surface area contributed by atoms with E-state index in [1.165, 1.54) is 12.1 Å². The van der Waals surface area contributed by atoms with Crippen LogP contribution in [0.3, 0.4) is 0 Å². The number of hydrogen-bond donors (Lipinski definition) is 3. The van der Waals surface area contributed by atoms with Crippen molar-refractivity contribution < 1.29 is 24.2 Å². The van der Waals surface area contributed by atoms with Crippen LogP contribution in [0.4, 0.5) is 10.5 Å². The van der Waals surface area contributed by atoms with E-state index in [1.54, 1.807) is 49.9 Å². The summed E-state index contributed by atoms with van der Waals surface area (Å²) >= 11 is 6.45. The van der Waals surface area contributed by atoms with Crippen LogP contribution < -0.4 is 10.6 Å². The van der Waals surface area contributed by atoms with Crippen LogP contribution in [0.15, 0.2) is 72.8 Å². The number of phenolic OH excluding ortho intramolecular Hbond substituents is 1. The first-order valence-electron chi connectivity index (χ1n) is 14.1. The quantitative estimate of drug-likeness (QED) is 0.261. The van der Waals surface area contributed by atoms with Crippen molar-refractivity contribution in [1.29, 1.82) is 0 Å². The smallest absolute Gasteiger partial charge is 0.408 e. The average molecular weight is 592 g/mol. The van der Waals surface area contributed by atoms with Gasteiger partial charge in [-0.25, -0.2) is 4.79 Å². The Hall–Kier alpha value is -4.04. The number of carbonyl (C=O) groups is 3. The largest absolute Gasteiger partial charge is 0.508 e. The van der Waals surface area contributed by atoms with E-state index in [1.807, 2.05) is 43.3 Å². The fraction of sp³-hybridized carbons (Fsp3) is 0.364. The van der Waals surface area contributed by atoms with Crippen LogP contribution >= 0.6 is 11.6 Å². The van der Waals surface area contributed by atoms with Crippen molar-refractivity contribution in [2.24, 2.45) is 0 Å². The van der Waals surface area contributed by atoms with Crippen LogP contribution in [0.25, 0.3) is 0 Å². The van der Waals surface area contributed by atoms with Gasteiger partial charge in [-0.2, -0.15) is 0 Å². The van der Waals surface area contributed by atoms with Gasteiger partial charge in [0.05, 0.1) is 10.7 Å². The molecule has 1 saturated carbocycles. The topological polar surface area (TPSA) is 108 Å². The maximum atomic E-state index is 14.6. The second-order valence-electron chi connectivity index (χ2n) is 11.6. The molecule has 2 unspecified atom stereocenters. The Morgan fingerprint density at radius 1 is 1.00 bits per heavy atom. The van der Waals surface area contributed by atoms with Crippen LogP contribution in [-0.2, 0) is 20.7 Å². The number of aromatic hydroxyl groups is 1. The second kappa shape index (κ2) is 13.3. The lowest BCUT2D eigenvalue weighted by Gasteiger charge is -2.43. The lowest BCUT2D eigenvalue weighted by Crippen LogP contribution is -2.57. The molecule has 1 fully saturated rings. The number of carbonyl (C=O) groups excluding carboxylic acids is 3. The van der Waals surface area contributed by atoms with Gasteiger partial charge in [0.1, 0.15) is 23.4 Å². The minimum atomic E-state index is -1.06. The van der Waals surface area contributed by atoms with Gasteiger partial charge in [-0.05, 0) is 81.8 Å². The van der Waals surface area contributed by atoms with E-state index in [-0.39, 0.29) is 18.2 Å². The van der Waals surface area contributed by atoms with Gasteiger partial charge in [0.15, 0.2) is 0 Å². The molecule has 0 heterocycles. The molecule has 42 heavy (non-hydrogen) atoms. The van der Waals surface area contributed by atoms with Gasteiger partial charge in [0.25, 0.3) is 5.91 Å². The zero-order valence-corrected chi connectivity index (χ0v) is 25.1. The number of phenols is 1. The average Bonchev–Trinajstić information content (AvgIpc) is 2.89. The summed E-state index contributed by atoms with van der Waals surface area (Å²) in [5.41, 5.74) is 1.83. The minimum Gasteiger partial charge on any atom is -0.508 e. The van der Waals surface area contributed by atoms with Crippen LogP contribution in [0.2, 0.25) is 5.02 Å². The van der Waals surface area contributed by atoms with Crippen molar-refractivity contribution in [3.05, 3.63) is 94.5 Å². The molecule has 0 bridgehead atoms. The normalized spacial score (nSPS) is 14.7. The van der Waals surface area contributed by atoms with E-state index in [0.29, 0.717) is 29.1 Å². The second-order valence-corrected chi connectivity index (χ2v) is 12.0. The zero-order chi connectivity index (χ0) is 30.4. The maximum Gasteiger partial charge on any atom is 0.408 e. The highest BCUT2D eigenvalue weighted by Crippen LogP contribution is 2.36. The van der Waals surface area contributed by atoms with Gasteiger partial charge in [-0.15, -0.1) is 0 Å². The molecule has 3 aromatic rings. The van der Waals surface area contributed by atoms with Crippen molar-refractivity contribution in [1.82, 2.24) is 10.2 Å². The predicted octanol–water partition coefficient (Wildman–Crippen LogP) is 6.55. The van der Waals surface area contributed by atoms with E-state index >= 15 is 0 Å². The van der Waals surface area contributed by atoms with Crippen LogP contribution in [0.5, 0.6) is 5.75 Å². The fourth-order valence-electron chi connectivity index (χ4n) is 4.94. The van der Waals surface area contributed by atoms with Crippen molar-refractivity contribution >= 4 is 35.2 Å². The lowest BCUT2D eigenvalue weighted by molar-refractivity contribution is -0.145. The molecule has 2 atom stereocenters. The number of halogens is 1. The standard InChI is InChI=1S/C33H38ClN3O5/c1-21-10-8-15-26(34)28(21)36-30(39)29(23-16-18-25(38)19-17-23)37(24-13-9-14-24)31(40)27(20-22-11-6-5-7-12-22)35-32(41)42-33(2,3)4/h5-8,10-12,15-19,24,27,29,38H,9,13-14,20H2,1-4H3,(H,35,41)(H,36,39). The third-order valence-corrected chi connectivity index (χ3v) is 7.51. The minimum absolute atomic E-state index is 0.0370. The van der Waals surface area contributed by atoms with E-state index in [4.69, 9.17) is 16.3 Å². The molecule has 0 saturated heterocycles. The highest BCUT2D eigenvalue weighted by Gasteiger charge is 2.42. The Morgan fingerprint density at radius 2 is 1.67 bits per heavy atom. The molecule has 9 heteroatoms. The highest BCUT2D eigenvalue weighted by molar-refractivity contribution is 6.34. The molecule has 0 spiro atoms. The van der Waals surface area contributed by atoms with Crippen LogP contribution in [-0.4, -0.2) is 45.6 Å². The number of nitrogens with one attached hydrogen (secondary N) is 2. The van der Waals surface area contributed by atoms with Crippen molar-refractivity contribution in [3.63, 3.8) is 0 Å². The van der Waals surface area contributed by atoms with Crippen molar-refractivity contribution in [2.75, 3.05) is 5.32 Å². The number of amides is 3. The van der Waals surface area contributed by atoms with Gasteiger partial charge >= 0.3 is 6.09 Å². The summed E-state index contributed by atoms with van der Waals surface area (Å²) in [7, 11) is 0. The number of nitrogens with zero attached hydrogens (tertiary/aromatic N) is 1. The highest BCUT2D eigenvalue weighted by atomic mass is 35.5. The monoisotopic (exact) mass is 591 g/mol. The molecular formula is C33H38ClN3O5. The summed E-state index contributed by atoms with van der Waals surface area (Å²) in [5.74, 6) is -0.818. The van der Waals surface area contributed by atoms with Gasteiger partial charge in [-0.1, -0.05) is 66.2 Å². The number of alkyl carbamates (subject to hydrolysis) is 1. The Labute approximate surface area is 252 Å². The molecule has 4 rings (SSSR count). The van der Waals surface area contributed by atoms with Crippen molar-refractivity contribution in [2.45, 2.75) is 77.1 Å². The number of anilines is 1. The maximum absolute atomic E-state index is 14.6. The molecule has 3 amide bonds. The number of ether oxygens (including phenoxy) is 1. The first-order valence-corrected chi connectivity index (χ1v) is 14.5. The molecular weight excluding hydrogens is 554 g/mol. The van der Waals surface area contributed by atoms with E-state index in [0.717, 1.165) is 17.5 Å². The van der Waals surface area contributed by atoms with Gasteiger partial charge in [0, 0.05) is 12.5 Å². The Morgan fingerprint density at radius 3 is 2.24 bits per heavy atom. The van der Waals surface area contributed by atoms with Crippen LogP contribution in [0.1, 0.15) is 62.8 Å². The zero-order valence-electron chi connectivity index (χ0n) is 24.4. The molecule has 1 aliphatic carbocycles. The molecule has 3 N–H and O–H groups in total. The Balaban J connectivity index is 1.76. The van der Waals surface area contributed by atoms with E-state index in [9.17, 15) is 19.5 Å². The first kappa shape index (κ1) is 30.9. The third kappa shape index (κ3) is 7.82. The summed E-state index contributed by atoms with van der Waals surface area (Å²) in [5, 5.41) is 16.1. The summed E-state index contributed by atoms with van der Waals surface area (Å²) in [6, 6.07) is 18.7. The van der Waals surface area contributed by atoms with E-state index in [2.05, 4.69) is 10.6 Å². The molecule has 1 aliphatic rings. The molecule has 222 valence electrons. The SMILES string of the molecule is Cc1cccc(Cl)c1NC(=O)C(c1ccc(O)cc1)N(C(=O)C(Cc1ccccc1)NC(=O)OC(C)(C)C)C1CCC1. The molecule has 3 aromatic carbocycles. The summed E-state index contributed by atoms with van der Waals surface area (Å²) in [6.45, 7) is 7.10. The Bertz CT molecular complexity index is 1380. The molecule has 0 aliphatic heterocycles. The number of para-hydroxylation sites is 1. The number of rotatable bonds is 9.